The highest BCUT2D eigenvalue weighted by Crippen LogP contribution is 2.40. The van der Waals surface area contributed by atoms with Gasteiger partial charge in [-0.15, -0.1) is 0 Å². The van der Waals surface area contributed by atoms with Crippen LogP contribution in [0.3, 0.4) is 0 Å². The standard InChI is InChI=1S/C30H31N3O6/c1-4-31(13-14-34)18-5-7-19(8-6-18)32-27(36)21-9-11-23-26-24(12-10-22(25(21)26)28(32)37)30(39)33(29(23)38)20(16-35)15-17(2)3/h5-12,17,20,34-35H,4,13-16H2,1-3H3. The number of amides is 4. The van der Waals surface area contributed by atoms with Crippen LogP contribution in [-0.2, 0) is 0 Å². The van der Waals surface area contributed by atoms with Gasteiger partial charge in [-0.05, 0) is 67.8 Å². The van der Waals surface area contributed by atoms with E-state index in [1.54, 1.807) is 24.3 Å². The van der Waals surface area contributed by atoms with Gasteiger partial charge in [-0.3, -0.25) is 24.1 Å². The normalized spacial score (nSPS) is 15.5. The Bertz CT molecular complexity index is 1430. The highest BCUT2D eigenvalue weighted by Gasteiger charge is 2.42. The van der Waals surface area contributed by atoms with Crippen molar-refractivity contribution in [3.05, 3.63) is 70.8 Å². The minimum Gasteiger partial charge on any atom is -0.395 e. The molecule has 2 aliphatic rings. The van der Waals surface area contributed by atoms with Gasteiger partial charge in [-0.25, -0.2) is 4.90 Å². The Hall–Kier alpha value is -4.08. The number of benzene rings is 3. The molecule has 0 spiro atoms. The Labute approximate surface area is 226 Å². The number of likely N-dealkylation sites (N-methyl/N-ethyl adjacent to an activating group) is 1. The maximum absolute atomic E-state index is 13.7. The third-order valence-electron chi connectivity index (χ3n) is 7.47. The van der Waals surface area contributed by atoms with E-state index in [0.717, 1.165) is 15.5 Å². The molecule has 1 atom stereocenters. The Morgan fingerprint density at radius 1 is 0.744 bits per heavy atom. The summed E-state index contributed by atoms with van der Waals surface area (Å²) in [5.74, 6) is -2.02. The van der Waals surface area contributed by atoms with Gasteiger partial charge in [-0.1, -0.05) is 13.8 Å². The van der Waals surface area contributed by atoms with Gasteiger partial charge >= 0.3 is 0 Å². The van der Waals surface area contributed by atoms with Gasteiger partial charge < -0.3 is 15.1 Å². The summed E-state index contributed by atoms with van der Waals surface area (Å²) in [5, 5.41) is 19.9. The lowest BCUT2D eigenvalue weighted by atomic mass is 9.85. The first-order chi connectivity index (χ1) is 18.7. The lowest BCUT2D eigenvalue weighted by Crippen LogP contribution is -2.49. The van der Waals surface area contributed by atoms with Crippen molar-refractivity contribution in [2.45, 2.75) is 33.2 Å². The summed E-state index contributed by atoms with van der Waals surface area (Å²) in [4.78, 5) is 58.6. The van der Waals surface area contributed by atoms with Crippen molar-refractivity contribution in [2.24, 2.45) is 5.92 Å². The predicted molar refractivity (Wildman–Crippen MR) is 147 cm³/mol. The van der Waals surface area contributed by atoms with E-state index in [-0.39, 0.29) is 41.4 Å². The summed E-state index contributed by atoms with van der Waals surface area (Å²) >= 11 is 0. The molecule has 5 rings (SSSR count). The lowest BCUT2D eigenvalue weighted by Gasteiger charge is -2.35. The molecular formula is C30H31N3O6. The van der Waals surface area contributed by atoms with Crippen LogP contribution in [0.25, 0.3) is 10.8 Å². The second-order valence-corrected chi connectivity index (χ2v) is 10.3. The molecule has 0 bridgehead atoms. The number of carbonyl (C=O) groups excluding carboxylic acids is 4. The van der Waals surface area contributed by atoms with Gasteiger partial charge in [0.25, 0.3) is 23.6 Å². The highest BCUT2D eigenvalue weighted by atomic mass is 16.3. The van der Waals surface area contributed by atoms with E-state index >= 15 is 0 Å². The van der Waals surface area contributed by atoms with Crippen molar-refractivity contribution in [1.29, 1.82) is 0 Å². The van der Waals surface area contributed by atoms with Gasteiger partial charge in [-0.2, -0.15) is 0 Å². The molecule has 0 saturated heterocycles. The largest absolute Gasteiger partial charge is 0.395 e. The number of imide groups is 2. The topological polar surface area (TPSA) is 118 Å². The second kappa shape index (κ2) is 10.2. The molecule has 0 aromatic heterocycles. The molecule has 4 amide bonds. The highest BCUT2D eigenvalue weighted by molar-refractivity contribution is 6.39. The minimum atomic E-state index is -0.678. The first kappa shape index (κ1) is 26.5. The van der Waals surface area contributed by atoms with Crippen LogP contribution in [0.15, 0.2) is 48.5 Å². The minimum absolute atomic E-state index is 0.00457. The molecule has 3 aromatic carbocycles. The zero-order valence-electron chi connectivity index (χ0n) is 22.2. The van der Waals surface area contributed by atoms with Crippen LogP contribution < -0.4 is 9.80 Å². The summed E-state index contributed by atoms with van der Waals surface area (Å²) in [7, 11) is 0. The molecule has 2 aliphatic heterocycles. The molecule has 9 heteroatoms. The Kier molecular flexibility index (Phi) is 6.96. The zero-order chi connectivity index (χ0) is 28.0. The van der Waals surface area contributed by atoms with Crippen molar-refractivity contribution in [3.63, 3.8) is 0 Å². The van der Waals surface area contributed by atoms with Crippen molar-refractivity contribution < 1.29 is 29.4 Å². The monoisotopic (exact) mass is 529 g/mol. The van der Waals surface area contributed by atoms with Crippen molar-refractivity contribution in [2.75, 3.05) is 36.1 Å². The van der Waals surface area contributed by atoms with Gasteiger partial charge in [0.1, 0.15) is 0 Å². The molecule has 9 nitrogen and oxygen atoms in total. The Morgan fingerprint density at radius 2 is 1.23 bits per heavy atom. The van der Waals surface area contributed by atoms with Crippen LogP contribution in [0.5, 0.6) is 0 Å². The first-order valence-corrected chi connectivity index (χ1v) is 13.2. The van der Waals surface area contributed by atoms with E-state index < -0.39 is 29.7 Å². The van der Waals surface area contributed by atoms with Crippen LogP contribution >= 0.6 is 0 Å². The molecule has 2 heterocycles. The van der Waals surface area contributed by atoms with E-state index in [2.05, 4.69) is 0 Å². The van der Waals surface area contributed by atoms with Gasteiger partial charge in [0.15, 0.2) is 0 Å². The second-order valence-electron chi connectivity index (χ2n) is 10.3. The third-order valence-corrected chi connectivity index (χ3v) is 7.47. The summed E-state index contributed by atoms with van der Waals surface area (Å²) in [5.41, 5.74) is 2.18. The maximum atomic E-state index is 13.7. The molecule has 39 heavy (non-hydrogen) atoms. The fourth-order valence-electron chi connectivity index (χ4n) is 5.67. The molecule has 0 saturated carbocycles. The molecular weight excluding hydrogens is 498 g/mol. The van der Waals surface area contributed by atoms with Crippen LogP contribution in [0.1, 0.15) is 68.6 Å². The fraction of sp³-hybridized carbons (Fsp3) is 0.333. The van der Waals surface area contributed by atoms with E-state index in [1.165, 1.54) is 24.3 Å². The van der Waals surface area contributed by atoms with Crippen LogP contribution in [0.4, 0.5) is 11.4 Å². The molecule has 202 valence electrons. The van der Waals surface area contributed by atoms with E-state index in [4.69, 9.17) is 0 Å². The predicted octanol–water partition coefficient (Wildman–Crippen LogP) is 3.46. The lowest BCUT2D eigenvalue weighted by molar-refractivity contribution is 0.0443. The number of anilines is 2. The van der Waals surface area contributed by atoms with E-state index in [9.17, 15) is 29.4 Å². The number of nitrogens with zero attached hydrogens (tertiary/aromatic N) is 3. The average Bonchev–Trinajstić information content (AvgIpc) is 2.93. The number of aliphatic hydroxyl groups is 2. The molecule has 3 aromatic rings. The SMILES string of the molecule is CCN(CCO)c1ccc(N2C(=O)c3ccc4c5c(ccc(c35)C2=O)C(=O)N(C(CO)CC(C)C)C4=O)cc1. The van der Waals surface area contributed by atoms with Crippen molar-refractivity contribution in [1.82, 2.24) is 4.90 Å². The molecule has 0 aliphatic carbocycles. The summed E-state index contributed by atoms with van der Waals surface area (Å²) < 4.78 is 0. The van der Waals surface area contributed by atoms with Crippen LogP contribution in [0, 0.1) is 5.92 Å². The molecule has 1 unspecified atom stereocenters. The Morgan fingerprint density at radius 3 is 1.64 bits per heavy atom. The number of carbonyl (C=O) groups is 4. The first-order valence-electron chi connectivity index (χ1n) is 13.2. The van der Waals surface area contributed by atoms with E-state index in [1.807, 2.05) is 25.7 Å². The number of aliphatic hydroxyl groups excluding tert-OH is 2. The van der Waals surface area contributed by atoms with Gasteiger partial charge in [0, 0.05) is 51.8 Å². The van der Waals surface area contributed by atoms with E-state index in [0.29, 0.717) is 36.0 Å². The number of rotatable bonds is 9. The fourth-order valence-corrected chi connectivity index (χ4v) is 5.67. The molecule has 2 N–H and O–H groups in total. The quantitative estimate of drug-likeness (QED) is 0.408. The number of hydrogen-bond acceptors (Lipinski definition) is 7. The summed E-state index contributed by atoms with van der Waals surface area (Å²) in [6, 6.07) is 12.4. The van der Waals surface area contributed by atoms with Gasteiger partial charge in [0.05, 0.1) is 24.9 Å². The summed E-state index contributed by atoms with van der Waals surface area (Å²) in [6.45, 7) is 6.67. The summed E-state index contributed by atoms with van der Waals surface area (Å²) in [6.07, 6.45) is 0.448. The average molecular weight is 530 g/mol. The number of hydrogen-bond donors (Lipinski definition) is 2. The maximum Gasteiger partial charge on any atom is 0.265 e. The smallest absolute Gasteiger partial charge is 0.265 e. The molecule has 0 radical (unpaired) electrons. The van der Waals surface area contributed by atoms with Gasteiger partial charge in [0.2, 0.25) is 0 Å². The van der Waals surface area contributed by atoms with Crippen molar-refractivity contribution in [3.8, 4) is 0 Å². The van der Waals surface area contributed by atoms with Crippen LogP contribution in [0.2, 0.25) is 0 Å². The third kappa shape index (κ3) is 4.18. The van der Waals surface area contributed by atoms with Crippen LogP contribution in [-0.4, -0.2) is 71.1 Å². The zero-order valence-corrected chi connectivity index (χ0v) is 22.2. The molecule has 0 fully saturated rings. The Balaban J connectivity index is 1.58. The van der Waals surface area contributed by atoms with Crippen molar-refractivity contribution >= 4 is 45.8 Å².